The quantitative estimate of drug-likeness (QED) is 0.559. The van der Waals surface area contributed by atoms with Crippen LogP contribution >= 0.6 is 0 Å². The molecule has 0 bridgehead atoms. The highest BCUT2D eigenvalue weighted by molar-refractivity contribution is 6.04. The molecule has 1 aromatic rings. The zero-order chi connectivity index (χ0) is 10.1. The molecule has 0 spiro atoms. The van der Waals surface area contributed by atoms with Gasteiger partial charge in [0.05, 0.1) is 0 Å². The molecular weight excluding hydrogens is 184 g/mol. The molecule has 1 saturated heterocycles. The minimum atomic E-state index is -0.650. The Morgan fingerprint density at radius 3 is 2.29 bits per heavy atom. The molecule has 72 valence electrons. The van der Waals surface area contributed by atoms with Gasteiger partial charge in [0, 0.05) is 0 Å². The summed E-state index contributed by atoms with van der Waals surface area (Å²) in [5, 5.41) is 13.6. The normalized spacial score (nSPS) is 20.4. The smallest absolute Gasteiger partial charge is 0.322 e. The van der Waals surface area contributed by atoms with E-state index in [-0.39, 0.29) is 11.7 Å². The minimum Gasteiger partial charge on any atom is -0.508 e. The van der Waals surface area contributed by atoms with Crippen LogP contribution < -0.4 is 10.6 Å². The van der Waals surface area contributed by atoms with Crippen molar-refractivity contribution in [1.29, 1.82) is 0 Å². The number of benzene rings is 1. The van der Waals surface area contributed by atoms with Crippen LogP contribution in [0.1, 0.15) is 11.6 Å². The Morgan fingerprint density at radius 2 is 1.79 bits per heavy atom. The third-order valence-corrected chi connectivity index (χ3v) is 2.00. The van der Waals surface area contributed by atoms with Gasteiger partial charge in [-0.1, -0.05) is 12.1 Å². The van der Waals surface area contributed by atoms with Crippen LogP contribution in [0, 0.1) is 0 Å². The highest BCUT2D eigenvalue weighted by Crippen LogP contribution is 2.18. The van der Waals surface area contributed by atoms with Gasteiger partial charge in [-0.2, -0.15) is 0 Å². The lowest BCUT2D eigenvalue weighted by molar-refractivity contribution is -0.120. The number of amides is 3. The average molecular weight is 192 g/mol. The SMILES string of the molecule is O=C1NC(=O)[C@@H](c2ccc(O)cc2)N1. The second-order valence-electron chi connectivity index (χ2n) is 2.99. The van der Waals surface area contributed by atoms with E-state index in [9.17, 15) is 9.59 Å². The van der Waals surface area contributed by atoms with Crippen molar-refractivity contribution >= 4 is 11.9 Å². The zero-order valence-electron chi connectivity index (χ0n) is 7.15. The zero-order valence-corrected chi connectivity index (χ0v) is 7.15. The van der Waals surface area contributed by atoms with E-state index in [2.05, 4.69) is 10.6 Å². The van der Waals surface area contributed by atoms with Gasteiger partial charge in [-0.15, -0.1) is 0 Å². The van der Waals surface area contributed by atoms with Gasteiger partial charge in [-0.05, 0) is 17.7 Å². The Kier molecular flexibility index (Phi) is 1.85. The van der Waals surface area contributed by atoms with E-state index in [0.717, 1.165) is 0 Å². The monoisotopic (exact) mass is 192 g/mol. The predicted molar refractivity (Wildman–Crippen MR) is 47.5 cm³/mol. The molecule has 5 heteroatoms. The summed E-state index contributed by atoms with van der Waals surface area (Å²) in [6.45, 7) is 0. The molecule has 14 heavy (non-hydrogen) atoms. The topological polar surface area (TPSA) is 78.4 Å². The number of carbonyl (C=O) groups is 2. The molecule has 2 rings (SSSR count). The van der Waals surface area contributed by atoms with E-state index in [1.54, 1.807) is 12.1 Å². The lowest BCUT2D eigenvalue weighted by Crippen LogP contribution is -2.22. The average Bonchev–Trinajstić information content (AvgIpc) is 2.47. The lowest BCUT2D eigenvalue weighted by atomic mass is 10.1. The van der Waals surface area contributed by atoms with Gasteiger partial charge in [0.1, 0.15) is 11.8 Å². The number of aromatic hydroxyl groups is 1. The molecule has 0 unspecified atom stereocenters. The van der Waals surface area contributed by atoms with E-state index in [1.165, 1.54) is 12.1 Å². The summed E-state index contributed by atoms with van der Waals surface area (Å²) in [5.41, 5.74) is 0.645. The first kappa shape index (κ1) is 8.55. The van der Waals surface area contributed by atoms with Gasteiger partial charge in [-0.3, -0.25) is 10.1 Å². The van der Waals surface area contributed by atoms with Gasteiger partial charge in [-0.25, -0.2) is 4.79 Å². The molecular formula is C9H8N2O3. The van der Waals surface area contributed by atoms with Crippen molar-refractivity contribution in [3.8, 4) is 5.75 Å². The molecule has 0 aromatic heterocycles. The molecule has 1 aromatic carbocycles. The molecule has 1 aliphatic heterocycles. The number of urea groups is 1. The summed E-state index contributed by atoms with van der Waals surface area (Å²) in [7, 11) is 0. The number of carbonyl (C=O) groups excluding carboxylic acids is 2. The highest BCUT2D eigenvalue weighted by Gasteiger charge is 2.30. The third-order valence-electron chi connectivity index (χ3n) is 2.00. The Bertz CT molecular complexity index is 386. The summed E-state index contributed by atoms with van der Waals surface area (Å²) in [4.78, 5) is 22.0. The standard InChI is InChI=1S/C9H8N2O3/c12-6-3-1-5(2-4-6)7-8(13)11-9(14)10-7/h1-4,7,12H,(H2,10,11,13,14)/t7-/m1/s1. The van der Waals surface area contributed by atoms with Crippen molar-refractivity contribution in [2.24, 2.45) is 0 Å². The van der Waals surface area contributed by atoms with E-state index in [0.29, 0.717) is 5.56 Å². The first-order valence-corrected chi connectivity index (χ1v) is 4.07. The Morgan fingerprint density at radius 1 is 1.14 bits per heavy atom. The molecule has 1 heterocycles. The third kappa shape index (κ3) is 1.39. The van der Waals surface area contributed by atoms with Crippen LogP contribution in [0.3, 0.4) is 0 Å². The van der Waals surface area contributed by atoms with E-state index in [1.807, 2.05) is 0 Å². The fourth-order valence-electron chi connectivity index (χ4n) is 1.32. The second-order valence-corrected chi connectivity index (χ2v) is 2.99. The lowest BCUT2D eigenvalue weighted by Gasteiger charge is -2.06. The first-order valence-electron chi connectivity index (χ1n) is 4.07. The second kappa shape index (κ2) is 3.02. The molecule has 0 radical (unpaired) electrons. The Labute approximate surface area is 79.7 Å². The van der Waals surface area contributed by atoms with Crippen molar-refractivity contribution in [3.05, 3.63) is 29.8 Å². The van der Waals surface area contributed by atoms with Crippen molar-refractivity contribution in [2.45, 2.75) is 6.04 Å². The van der Waals surface area contributed by atoms with Crippen LogP contribution in [0.25, 0.3) is 0 Å². The number of hydrogen-bond donors (Lipinski definition) is 3. The van der Waals surface area contributed by atoms with Crippen LogP contribution in [0.5, 0.6) is 5.75 Å². The summed E-state index contributed by atoms with van der Waals surface area (Å²) in [5.74, 6) is -0.251. The van der Waals surface area contributed by atoms with E-state index >= 15 is 0 Å². The summed E-state index contributed by atoms with van der Waals surface area (Å²) >= 11 is 0. The maximum Gasteiger partial charge on any atom is 0.322 e. The molecule has 5 nitrogen and oxygen atoms in total. The van der Waals surface area contributed by atoms with Crippen LogP contribution in [0.4, 0.5) is 4.79 Å². The number of phenols is 1. The summed E-state index contributed by atoms with van der Waals surface area (Å²) < 4.78 is 0. The maximum atomic E-state index is 11.2. The Balaban J connectivity index is 2.27. The number of hydrogen-bond acceptors (Lipinski definition) is 3. The van der Waals surface area contributed by atoms with Gasteiger partial charge in [0.25, 0.3) is 5.91 Å². The highest BCUT2D eigenvalue weighted by atomic mass is 16.3. The molecule has 3 N–H and O–H groups in total. The molecule has 0 aliphatic carbocycles. The molecule has 3 amide bonds. The predicted octanol–water partition coefficient (Wildman–Crippen LogP) is 0.273. The van der Waals surface area contributed by atoms with E-state index < -0.39 is 12.1 Å². The number of phenolic OH excluding ortho intramolecular Hbond substituents is 1. The Hall–Kier alpha value is -2.04. The van der Waals surface area contributed by atoms with Crippen LogP contribution in [0.2, 0.25) is 0 Å². The van der Waals surface area contributed by atoms with Crippen LogP contribution in [-0.4, -0.2) is 17.0 Å². The molecule has 1 atom stereocenters. The fraction of sp³-hybridized carbons (Fsp3) is 0.111. The van der Waals surface area contributed by atoms with E-state index in [4.69, 9.17) is 5.11 Å². The number of imide groups is 1. The van der Waals surface area contributed by atoms with Crippen molar-refractivity contribution in [1.82, 2.24) is 10.6 Å². The fourth-order valence-corrected chi connectivity index (χ4v) is 1.32. The number of nitrogens with one attached hydrogen (secondary N) is 2. The van der Waals surface area contributed by atoms with Gasteiger partial charge >= 0.3 is 6.03 Å². The molecule has 1 aliphatic rings. The van der Waals surface area contributed by atoms with Crippen LogP contribution in [-0.2, 0) is 4.79 Å². The van der Waals surface area contributed by atoms with Gasteiger partial charge in [0.2, 0.25) is 0 Å². The number of rotatable bonds is 1. The van der Waals surface area contributed by atoms with Crippen molar-refractivity contribution < 1.29 is 14.7 Å². The van der Waals surface area contributed by atoms with Crippen molar-refractivity contribution in [3.63, 3.8) is 0 Å². The van der Waals surface area contributed by atoms with Gasteiger partial charge in [0.15, 0.2) is 0 Å². The molecule has 0 saturated carbocycles. The first-order chi connectivity index (χ1) is 6.66. The largest absolute Gasteiger partial charge is 0.508 e. The summed E-state index contributed by atoms with van der Waals surface area (Å²) in [6, 6.07) is 4.97. The molecule has 1 fully saturated rings. The van der Waals surface area contributed by atoms with Gasteiger partial charge < -0.3 is 10.4 Å². The van der Waals surface area contributed by atoms with Crippen LogP contribution in [0.15, 0.2) is 24.3 Å². The summed E-state index contributed by atoms with van der Waals surface area (Å²) in [6.07, 6.45) is 0. The minimum absolute atomic E-state index is 0.124. The maximum absolute atomic E-state index is 11.2. The van der Waals surface area contributed by atoms with Crippen molar-refractivity contribution in [2.75, 3.05) is 0 Å².